The summed E-state index contributed by atoms with van der Waals surface area (Å²) >= 11 is 5.44. The highest BCUT2D eigenvalue weighted by atomic mass is 79.9. The van der Waals surface area contributed by atoms with Crippen LogP contribution in [0.4, 0.5) is 0 Å². The normalized spacial score (nSPS) is 28.8. The molecule has 13 heavy (non-hydrogen) atoms. The van der Waals surface area contributed by atoms with Crippen molar-refractivity contribution in [1.29, 1.82) is 0 Å². The minimum Gasteiger partial charge on any atom is -0.312 e. The first-order valence-corrected chi connectivity index (χ1v) is 6.31. The molecule has 0 aromatic carbocycles. The molecule has 1 heterocycles. The molecule has 0 bridgehead atoms. The summed E-state index contributed by atoms with van der Waals surface area (Å²) in [7, 11) is 2.06. The van der Waals surface area contributed by atoms with Crippen molar-refractivity contribution >= 4 is 27.3 Å². The van der Waals surface area contributed by atoms with Gasteiger partial charge in [-0.25, -0.2) is 0 Å². The maximum absolute atomic E-state index is 3.59. The third-order valence-electron chi connectivity index (χ3n) is 2.84. The maximum atomic E-state index is 3.59. The average molecular weight is 260 g/mol. The standard InChI is InChI=1S/C10H14BrNS/c1-6-5-7(6)9(12-2)10-8(11)3-4-13-10/h3-4,6-7,9,12H,5H2,1-2H3. The SMILES string of the molecule is CNC(c1sccc1Br)C1CC1C. The van der Waals surface area contributed by atoms with Crippen molar-refractivity contribution in [3.8, 4) is 0 Å². The van der Waals surface area contributed by atoms with Gasteiger partial charge in [0.05, 0.1) is 0 Å². The van der Waals surface area contributed by atoms with Gasteiger partial charge in [-0.05, 0) is 52.7 Å². The first kappa shape index (κ1) is 9.69. The summed E-state index contributed by atoms with van der Waals surface area (Å²) in [6, 6.07) is 2.70. The number of hydrogen-bond acceptors (Lipinski definition) is 2. The summed E-state index contributed by atoms with van der Waals surface area (Å²) in [4.78, 5) is 1.46. The van der Waals surface area contributed by atoms with Gasteiger partial charge in [0.25, 0.3) is 0 Å². The highest BCUT2D eigenvalue weighted by Gasteiger charge is 2.40. The van der Waals surface area contributed by atoms with Gasteiger partial charge in [-0.2, -0.15) is 0 Å². The van der Waals surface area contributed by atoms with Crippen molar-refractivity contribution < 1.29 is 0 Å². The quantitative estimate of drug-likeness (QED) is 0.878. The number of thiophene rings is 1. The van der Waals surface area contributed by atoms with Crippen LogP contribution < -0.4 is 5.32 Å². The average Bonchev–Trinajstić information content (AvgIpc) is 2.65. The van der Waals surface area contributed by atoms with E-state index in [-0.39, 0.29) is 0 Å². The van der Waals surface area contributed by atoms with Crippen LogP contribution in [0.1, 0.15) is 24.3 Å². The molecule has 0 amide bonds. The highest BCUT2D eigenvalue weighted by molar-refractivity contribution is 9.10. The minimum atomic E-state index is 0.560. The van der Waals surface area contributed by atoms with E-state index < -0.39 is 0 Å². The molecule has 0 spiro atoms. The Morgan fingerprint density at radius 2 is 2.38 bits per heavy atom. The van der Waals surface area contributed by atoms with Crippen LogP contribution in [0.3, 0.4) is 0 Å². The van der Waals surface area contributed by atoms with Gasteiger partial charge in [0.1, 0.15) is 0 Å². The summed E-state index contributed by atoms with van der Waals surface area (Å²) in [5.41, 5.74) is 0. The topological polar surface area (TPSA) is 12.0 Å². The Morgan fingerprint density at radius 3 is 2.77 bits per heavy atom. The van der Waals surface area contributed by atoms with E-state index in [0.717, 1.165) is 11.8 Å². The molecule has 0 radical (unpaired) electrons. The zero-order valence-corrected chi connectivity index (χ0v) is 10.3. The molecule has 72 valence electrons. The number of nitrogens with one attached hydrogen (secondary N) is 1. The summed E-state index contributed by atoms with van der Waals surface area (Å²) < 4.78 is 1.26. The molecule has 1 aromatic rings. The van der Waals surface area contributed by atoms with Gasteiger partial charge in [0.2, 0.25) is 0 Å². The molecule has 3 unspecified atom stereocenters. The lowest BCUT2D eigenvalue weighted by molar-refractivity contribution is 0.510. The van der Waals surface area contributed by atoms with Crippen molar-refractivity contribution in [1.82, 2.24) is 5.32 Å². The van der Waals surface area contributed by atoms with Crippen LogP contribution in [-0.4, -0.2) is 7.05 Å². The van der Waals surface area contributed by atoms with Gasteiger partial charge in [-0.1, -0.05) is 6.92 Å². The van der Waals surface area contributed by atoms with Gasteiger partial charge in [0.15, 0.2) is 0 Å². The van der Waals surface area contributed by atoms with E-state index in [1.807, 2.05) is 11.3 Å². The summed E-state index contributed by atoms with van der Waals surface area (Å²) in [5.74, 6) is 1.74. The predicted octanol–water partition coefficient (Wildman–Crippen LogP) is 3.43. The molecule has 1 aliphatic carbocycles. The largest absolute Gasteiger partial charge is 0.312 e. The fraction of sp³-hybridized carbons (Fsp3) is 0.600. The molecule has 1 N–H and O–H groups in total. The second-order valence-electron chi connectivity index (χ2n) is 3.78. The Hall–Kier alpha value is 0.140. The molecule has 1 nitrogen and oxygen atoms in total. The molecule has 1 fully saturated rings. The zero-order valence-electron chi connectivity index (χ0n) is 7.88. The molecule has 0 saturated heterocycles. The lowest BCUT2D eigenvalue weighted by Crippen LogP contribution is -2.18. The van der Waals surface area contributed by atoms with E-state index in [1.54, 1.807) is 0 Å². The maximum Gasteiger partial charge on any atom is 0.0455 e. The van der Waals surface area contributed by atoms with Crippen molar-refractivity contribution in [3.63, 3.8) is 0 Å². The first-order chi connectivity index (χ1) is 6.24. The van der Waals surface area contributed by atoms with Crippen LogP contribution in [-0.2, 0) is 0 Å². The van der Waals surface area contributed by atoms with Gasteiger partial charge in [-0.15, -0.1) is 11.3 Å². The van der Waals surface area contributed by atoms with Gasteiger partial charge < -0.3 is 5.32 Å². The highest BCUT2D eigenvalue weighted by Crippen LogP contribution is 2.49. The molecule has 3 heteroatoms. The second-order valence-corrected chi connectivity index (χ2v) is 5.58. The summed E-state index contributed by atoms with van der Waals surface area (Å²) in [6.07, 6.45) is 1.37. The fourth-order valence-electron chi connectivity index (χ4n) is 1.88. The van der Waals surface area contributed by atoms with Gasteiger partial charge >= 0.3 is 0 Å². The van der Waals surface area contributed by atoms with E-state index in [1.165, 1.54) is 15.8 Å². The van der Waals surface area contributed by atoms with Crippen molar-refractivity contribution in [2.75, 3.05) is 7.05 Å². The third kappa shape index (κ3) is 1.83. The lowest BCUT2D eigenvalue weighted by Gasteiger charge is -2.14. The summed E-state index contributed by atoms with van der Waals surface area (Å²) in [5, 5.41) is 5.57. The number of rotatable bonds is 3. The van der Waals surface area contributed by atoms with Crippen molar-refractivity contribution in [3.05, 3.63) is 20.8 Å². The Bertz CT molecular complexity index is 297. The van der Waals surface area contributed by atoms with Crippen LogP contribution >= 0.6 is 27.3 Å². The lowest BCUT2D eigenvalue weighted by atomic mass is 10.1. The van der Waals surface area contributed by atoms with Crippen LogP contribution in [0.25, 0.3) is 0 Å². The molecular formula is C10H14BrNS. The molecule has 3 atom stereocenters. The van der Waals surface area contributed by atoms with E-state index in [9.17, 15) is 0 Å². The minimum absolute atomic E-state index is 0.560. The van der Waals surface area contributed by atoms with E-state index in [0.29, 0.717) is 6.04 Å². The Balaban J connectivity index is 2.17. The number of hydrogen-bond donors (Lipinski definition) is 1. The predicted molar refractivity (Wildman–Crippen MR) is 61.1 cm³/mol. The Kier molecular flexibility index (Phi) is 2.77. The van der Waals surface area contributed by atoms with E-state index >= 15 is 0 Å². The second kappa shape index (κ2) is 3.71. The smallest absolute Gasteiger partial charge is 0.0455 e. The summed E-state index contributed by atoms with van der Waals surface area (Å²) in [6.45, 7) is 2.33. The zero-order chi connectivity index (χ0) is 9.42. The third-order valence-corrected chi connectivity index (χ3v) is 4.79. The van der Waals surface area contributed by atoms with Crippen LogP contribution in [0.2, 0.25) is 0 Å². The van der Waals surface area contributed by atoms with Gasteiger partial charge in [-0.3, -0.25) is 0 Å². The van der Waals surface area contributed by atoms with E-state index in [4.69, 9.17) is 0 Å². The molecule has 1 aliphatic rings. The van der Waals surface area contributed by atoms with Gasteiger partial charge in [0, 0.05) is 15.4 Å². The molecule has 0 aliphatic heterocycles. The van der Waals surface area contributed by atoms with Crippen LogP contribution in [0, 0.1) is 11.8 Å². The van der Waals surface area contributed by atoms with Crippen LogP contribution in [0.5, 0.6) is 0 Å². The molecule has 2 rings (SSSR count). The number of halogens is 1. The molecular weight excluding hydrogens is 246 g/mol. The Labute approximate surface area is 91.7 Å². The van der Waals surface area contributed by atoms with E-state index in [2.05, 4.69) is 46.7 Å². The molecule has 1 saturated carbocycles. The fourth-order valence-corrected chi connectivity index (χ4v) is 3.69. The Morgan fingerprint density at radius 1 is 1.69 bits per heavy atom. The first-order valence-electron chi connectivity index (χ1n) is 4.64. The van der Waals surface area contributed by atoms with Crippen molar-refractivity contribution in [2.45, 2.75) is 19.4 Å². The van der Waals surface area contributed by atoms with Crippen LogP contribution in [0.15, 0.2) is 15.9 Å². The molecule has 1 aromatic heterocycles. The van der Waals surface area contributed by atoms with Crippen molar-refractivity contribution in [2.24, 2.45) is 11.8 Å². The monoisotopic (exact) mass is 259 g/mol.